The highest BCUT2D eigenvalue weighted by Gasteiger charge is 2.16. The second-order valence-corrected chi connectivity index (χ2v) is 8.25. The molecule has 3 rings (SSSR count). The Kier molecular flexibility index (Phi) is 5.37. The number of hydrogen-bond donors (Lipinski definition) is 0. The van der Waals surface area contributed by atoms with Gasteiger partial charge in [-0.1, -0.05) is 12.1 Å². The van der Waals surface area contributed by atoms with E-state index in [0.717, 1.165) is 22.3 Å². The van der Waals surface area contributed by atoms with E-state index in [1.165, 1.54) is 10.5 Å². The largest absolute Gasteiger partial charge is 0.294 e. The first-order valence-electron chi connectivity index (χ1n) is 8.71. The van der Waals surface area contributed by atoms with Crippen LogP contribution in [0.15, 0.2) is 41.3 Å². The predicted molar refractivity (Wildman–Crippen MR) is 108 cm³/mol. The molecule has 0 radical (unpaired) electrons. The number of nitrogens with zero attached hydrogens (tertiary/aromatic N) is 2. The molecule has 3 aromatic rings. The van der Waals surface area contributed by atoms with Crippen LogP contribution in [0.25, 0.3) is 5.65 Å². The standard InChI is InChI=1S/C21H22N2O3S/c1-13-9-14(2)21(16(4)24)15(3)18(13)12-27(26)11-17-10-20(25)23-8-6-5-7-19(23)22-17/h5-10H,11-12H2,1-4H3. The number of aromatic nitrogens is 2. The van der Waals surface area contributed by atoms with Crippen LogP contribution in [0.3, 0.4) is 0 Å². The maximum Gasteiger partial charge on any atom is 0.258 e. The normalized spacial score (nSPS) is 12.3. The topological polar surface area (TPSA) is 68.5 Å². The minimum absolute atomic E-state index is 0.0150. The summed E-state index contributed by atoms with van der Waals surface area (Å²) in [4.78, 5) is 28.6. The van der Waals surface area contributed by atoms with Gasteiger partial charge in [0.2, 0.25) is 0 Å². The molecule has 0 saturated carbocycles. The van der Waals surface area contributed by atoms with Crippen molar-refractivity contribution in [1.29, 1.82) is 0 Å². The number of hydrogen-bond acceptors (Lipinski definition) is 4. The van der Waals surface area contributed by atoms with E-state index in [1.807, 2.05) is 32.9 Å². The molecule has 27 heavy (non-hydrogen) atoms. The van der Waals surface area contributed by atoms with Crippen LogP contribution in [0.1, 0.15) is 45.2 Å². The van der Waals surface area contributed by atoms with E-state index in [9.17, 15) is 13.8 Å². The van der Waals surface area contributed by atoms with Gasteiger partial charge in [0.15, 0.2) is 5.78 Å². The SMILES string of the molecule is CC(=O)c1c(C)cc(C)c(CS(=O)Cc2cc(=O)n3ccccc3n2)c1C. The molecule has 0 aliphatic heterocycles. The smallest absolute Gasteiger partial charge is 0.258 e. The fraction of sp³-hybridized carbons (Fsp3) is 0.286. The average Bonchev–Trinajstić information content (AvgIpc) is 2.58. The van der Waals surface area contributed by atoms with Gasteiger partial charge in [0.05, 0.1) is 11.4 Å². The zero-order chi connectivity index (χ0) is 19.7. The summed E-state index contributed by atoms with van der Waals surface area (Å²) in [7, 11) is -1.24. The van der Waals surface area contributed by atoms with E-state index >= 15 is 0 Å². The van der Waals surface area contributed by atoms with E-state index in [0.29, 0.717) is 22.7 Å². The van der Waals surface area contributed by atoms with Gasteiger partial charge in [-0.3, -0.25) is 18.2 Å². The molecule has 0 aliphatic carbocycles. The number of aryl methyl sites for hydroxylation is 2. The Bertz CT molecular complexity index is 1130. The molecular weight excluding hydrogens is 360 g/mol. The van der Waals surface area contributed by atoms with Crippen LogP contribution in [-0.4, -0.2) is 19.4 Å². The minimum Gasteiger partial charge on any atom is -0.294 e. The van der Waals surface area contributed by atoms with Gasteiger partial charge in [0.1, 0.15) is 5.65 Å². The van der Waals surface area contributed by atoms with E-state index in [-0.39, 0.29) is 17.1 Å². The Morgan fingerprint density at radius 1 is 1.11 bits per heavy atom. The highest BCUT2D eigenvalue weighted by Crippen LogP contribution is 2.24. The van der Waals surface area contributed by atoms with E-state index in [1.54, 1.807) is 25.3 Å². The summed E-state index contributed by atoms with van der Waals surface area (Å²) in [5, 5.41) is 0. The molecule has 2 heterocycles. The highest BCUT2D eigenvalue weighted by atomic mass is 32.2. The fourth-order valence-electron chi connectivity index (χ4n) is 3.54. The summed E-state index contributed by atoms with van der Waals surface area (Å²) < 4.78 is 14.2. The van der Waals surface area contributed by atoms with Crippen molar-refractivity contribution in [3.63, 3.8) is 0 Å². The fourth-order valence-corrected chi connectivity index (χ4v) is 4.89. The van der Waals surface area contributed by atoms with Gasteiger partial charge in [-0.2, -0.15) is 0 Å². The van der Waals surface area contributed by atoms with Gasteiger partial charge < -0.3 is 0 Å². The first kappa shape index (κ1) is 19.2. The molecule has 1 aromatic carbocycles. The number of pyridine rings is 1. The van der Waals surface area contributed by atoms with Crippen LogP contribution in [0.2, 0.25) is 0 Å². The second-order valence-electron chi connectivity index (χ2n) is 6.79. The number of fused-ring (bicyclic) bond motifs is 1. The van der Waals surface area contributed by atoms with Gasteiger partial charge >= 0.3 is 0 Å². The summed E-state index contributed by atoms with van der Waals surface area (Å²) in [6.07, 6.45) is 1.66. The van der Waals surface area contributed by atoms with Gasteiger partial charge in [-0.15, -0.1) is 0 Å². The van der Waals surface area contributed by atoms with Crippen molar-refractivity contribution in [3.8, 4) is 0 Å². The maximum absolute atomic E-state index is 12.8. The van der Waals surface area contributed by atoms with Crippen LogP contribution in [0.4, 0.5) is 0 Å². The van der Waals surface area contributed by atoms with E-state index in [2.05, 4.69) is 4.98 Å². The summed E-state index contributed by atoms with van der Waals surface area (Å²) in [6.45, 7) is 7.35. The lowest BCUT2D eigenvalue weighted by Gasteiger charge is -2.15. The molecule has 2 aromatic heterocycles. The van der Waals surface area contributed by atoms with Crippen LogP contribution in [0.5, 0.6) is 0 Å². The van der Waals surface area contributed by atoms with Crippen molar-refractivity contribution in [1.82, 2.24) is 9.38 Å². The summed E-state index contributed by atoms with van der Waals surface area (Å²) in [5.74, 6) is 0.540. The molecule has 0 spiro atoms. The lowest BCUT2D eigenvalue weighted by molar-refractivity contribution is 0.101. The van der Waals surface area contributed by atoms with Crippen molar-refractivity contribution in [2.45, 2.75) is 39.2 Å². The molecule has 0 N–H and O–H groups in total. The summed E-state index contributed by atoms with van der Waals surface area (Å²) >= 11 is 0. The summed E-state index contributed by atoms with van der Waals surface area (Å²) in [6, 6.07) is 8.73. The van der Waals surface area contributed by atoms with E-state index < -0.39 is 10.8 Å². The number of Topliss-reactive ketones (excluding diaryl/α,β-unsaturated/α-hetero) is 1. The van der Waals surface area contributed by atoms with Crippen molar-refractivity contribution in [2.24, 2.45) is 0 Å². The maximum atomic E-state index is 12.8. The number of benzene rings is 1. The molecule has 6 heteroatoms. The molecule has 5 nitrogen and oxygen atoms in total. The third kappa shape index (κ3) is 3.90. The molecule has 0 amide bonds. The molecule has 0 saturated heterocycles. The van der Waals surface area contributed by atoms with Crippen molar-refractivity contribution >= 4 is 22.2 Å². The Hall–Kier alpha value is -2.60. The summed E-state index contributed by atoms with van der Waals surface area (Å²) in [5.41, 5.74) is 5.36. The third-order valence-electron chi connectivity index (χ3n) is 4.72. The average molecular weight is 382 g/mol. The predicted octanol–water partition coefficient (Wildman–Crippen LogP) is 3.27. The van der Waals surface area contributed by atoms with Gasteiger partial charge in [-0.05, 0) is 62.1 Å². The van der Waals surface area contributed by atoms with Crippen LogP contribution < -0.4 is 5.56 Å². The Labute approximate surface area is 160 Å². The van der Waals surface area contributed by atoms with Crippen LogP contribution >= 0.6 is 0 Å². The van der Waals surface area contributed by atoms with Crippen molar-refractivity contribution < 1.29 is 9.00 Å². The highest BCUT2D eigenvalue weighted by molar-refractivity contribution is 7.83. The molecule has 140 valence electrons. The monoisotopic (exact) mass is 382 g/mol. The lowest BCUT2D eigenvalue weighted by Crippen LogP contribution is -2.16. The van der Waals surface area contributed by atoms with Gasteiger partial charge in [0, 0.05) is 34.4 Å². The van der Waals surface area contributed by atoms with Gasteiger partial charge in [0.25, 0.3) is 5.56 Å². The lowest BCUT2D eigenvalue weighted by atomic mass is 9.92. The first-order chi connectivity index (χ1) is 12.8. The number of ketones is 1. The number of rotatable bonds is 5. The molecule has 0 fully saturated rings. The molecular formula is C21H22N2O3S. The number of carbonyl (C=O) groups is 1. The van der Waals surface area contributed by atoms with Gasteiger partial charge in [-0.25, -0.2) is 4.98 Å². The second kappa shape index (κ2) is 7.56. The molecule has 0 bridgehead atoms. The molecule has 0 aliphatic rings. The Morgan fingerprint density at radius 2 is 1.85 bits per heavy atom. The molecule has 1 atom stereocenters. The van der Waals surface area contributed by atoms with Crippen LogP contribution in [-0.2, 0) is 22.3 Å². The zero-order valence-corrected chi connectivity index (χ0v) is 16.7. The Morgan fingerprint density at radius 3 is 2.56 bits per heavy atom. The quantitative estimate of drug-likeness (QED) is 0.635. The minimum atomic E-state index is -1.24. The third-order valence-corrected chi connectivity index (χ3v) is 5.95. The number of carbonyl (C=O) groups excluding carboxylic acids is 1. The first-order valence-corrected chi connectivity index (χ1v) is 10.2. The van der Waals surface area contributed by atoms with Crippen molar-refractivity contribution in [3.05, 3.63) is 80.4 Å². The van der Waals surface area contributed by atoms with Crippen LogP contribution in [0, 0.1) is 20.8 Å². The molecule has 1 unspecified atom stereocenters. The zero-order valence-electron chi connectivity index (χ0n) is 15.9. The van der Waals surface area contributed by atoms with E-state index in [4.69, 9.17) is 0 Å². The Balaban J connectivity index is 1.90. The van der Waals surface area contributed by atoms with Crippen molar-refractivity contribution in [2.75, 3.05) is 0 Å².